The van der Waals surface area contributed by atoms with E-state index >= 15 is 0 Å². The van der Waals surface area contributed by atoms with Gasteiger partial charge >= 0.3 is 6.18 Å². The van der Waals surface area contributed by atoms with E-state index in [-0.39, 0.29) is 13.0 Å². The van der Waals surface area contributed by atoms with Crippen LogP contribution in [0.4, 0.5) is 13.2 Å². The van der Waals surface area contributed by atoms with Crippen molar-refractivity contribution in [3.05, 3.63) is 0 Å². The Labute approximate surface area is 72.7 Å². The molecule has 0 aliphatic carbocycles. The highest BCUT2D eigenvalue weighted by atomic mass is 19.4. The number of halogens is 3. The van der Waals surface area contributed by atoms with E-state index in [9.17, 15) is 13.2 Å². The summed E-state index contributed by atoms with van der Waals surface area (Å²) in [4.78, 5) is 0. The molecular weight excluding hydrogens is 187 g/mol. The van der Waals surface area contributed by atoms with Crippen molar-refractivity contribution in [3.8, 4) is 6.07 Å². The predicted molar refractivity (Wildman–Crippen MR) is 35.3 cm³/mol. The van der Waals surface area contributed by atoms with Crippen molar-refractivity contribution >= 4 is 0 Å². The molecule has 0 radical (unpaired) electrons. The van der Waals surface area contributed by atoms with Gasteiger partial charge in [-0.05, 0) is 12.8 Å². The Morgan fingerprint density at radius 1 is 1.54 bits per heavy atom. The van der Waals surface area contributed by atoms with E-state index in [1.807, 2.05) is 0 Å². The van der Waals surface area contributed by atoms with Gasteiger partial charge in [0.1, 0.15) is 5.92 Å². The lowest BCUT2D eigenvalue weighted by atomic mass is 9.92. The van der Waals surface area contributed by atoms with Crippen LogP contribution < -0.4 is 0 Å². The second kappa shape index (κ2) is 3.16. The van der Waals surface area contributed by atoms with Gasteiger partial charge < -0.3 is 9.84 Å². The molecule has 1 saturated heterocycles. The third-order valence-corrected chi connectivity index (χ3v) is 1.99. The van der Waals surface area contributed by atoms with E-state index in [1.54, 1.807) is 0 Å². The summed E-state index contributed by atoms with van der Waals surface area (Å²) in [5, 5.41) is 17.5. The number of nitriles is 1. The normalized spacial score (nSPS) is 35.5. The van der Waals surface area contributed by atoms with Gasteiger partial charge in [-0.2, -0.15) is 18.4 Å². The lowest BCUT2D eigenvalue weighted by molar-refractivity contribution is -0.388. The van der Waals surface area contributed by atoms with Gasteiger partial charge in [-0.1, -0.05) is 0 Å². The number of hydrogen-bond donors (Lipinski definition) is 1. The molecule has 13 heavy (non-hydrogen) atoms. The van der Waals surface area contributed by atoms with Crippen LogP contribution in [0.5, 0.6) is 0 Å². The molecule has 0 spiro atoms. The number of hydrogen-bond acceptors (Lipinski definition) is 3. The van der Waals surface area contributed by atoms with Crippen LogP contribution in [0.3, 0.4) is 0 Å². The first-order valence-corrected chi connectivity index (χ1v) is 3.74. The summed E-state index contributed by atoms with van der Waals surface area (Å²) in [5.74, 6) is -4.80. The van der Waals surface area contributed by atoms with Crippen molar-refractivity contribution in [3.63, 3.8) is 0 Å². The minimum absolute atomic E-state index is 0.00646. The monoisotopic (exact) mass is 195 g/mol. The van der Waals surface area contributed by atoms with Crippen LogP contribution in [-0.2, 0) is 4.74 Å². The molecule has 1 unspecified atom stereocenters. The van der Waals surface area contributed by atoms with Gasteiger partial charge in [-0.25, -0.2) is 0 Å². The smallest absolute Gasteiger partial charge is 0.357 e. The molecule has 74 valence electrons. The van der Waals surface area contributed by atoms with Crippen molar-refractivity contribution in [2.75, 3.05) is 6.61 Å². The van der Waals surface area contributed by atoms with Crippen molar-refractivity contribution in [2.24, 2.45) is 5.92 Å². The summed E-state index contributed by atoms with van der Waals surface area (Å²) in [6, 6.07) is 1.41. The Hall–Kier alpha value is -0.800. The summed E-state index contributed by atoms with van der Waals surface area (Å²) in [6.45, 7) is -0.172. The van der Waals surface area contributed by atoms with Crippen LogP contribution in [0.15, 0.2) is 0 Å². The van der Waals surface area contributed by atoms with E-state index in [1.165, 1.54) is 6.07 Å². The highest BCUT2D eigenvalue weighted by Gasteiger charge is 2.61. The van der Waals surface area contributed by atoms with Gasteiger partial charge in [-0.15, -0.1) is 0 Å². The zero-order valence-corrected chi connectivity index (χ0v) is 6.64. The zero-order valence-electron chi connectivity index (χ0n) is 6.64. The molecule has 0 saturated carbocycles. The Morgan fingerprint density at radius 2 is 2.15 bits per heavy atom. The van der Waals surface area contributed by atoms with E-state index < -0.39 is 17.9 Å². The molecule has 0 aromatic heterocycles. The highest BCUT2D eigenvalue weighted by molar-refractivity contribution is 4.99. The van der Waals surface area contributed by atoms with Gasteiger partial charge in [0.25, 0.3) is 5.79 Å². The Balaban J connectivity index is 2.91. The summed E-state index contributed by atoms with van der Waals surface area (Å²) >= 11 is 0. The predicted octanol–water partition coefficient (Wildman–Crippen LogP) is 1.19. The molecule has 2 atom stereocenters. The van der Waals surface area contributed by atoms with E-state index in [2.05, 4.69) is 4.74 Å². The minimum Gasteiger partial charge on any atom is -0.357 e. The lowest BCUT2D eigenvalue weighted by Gasteiger charge is -2.36. The van der Waals surface area contributed by atoms with E-state index in [0.29, 0.717) is 6.42 Å². The number of nitrogens with zero attached hydrogens (tertiary/aromatic N) is 1. The molecule has 1 aliphatic heterocycles. The molecule has 1 N–H and O–H groups in total. The fourth-order valence-corrected chi connectivity index (χ4v) is 1.24. The zero-order chi connectivity index (χ0) is 10.1. The first-order valence-electron chi connectivity index (χ1n) is 3.74. The quantitative estimate of drug-likeness (QED) is 0.631. The van der Waals surface area contributed by atoms with Crippen LogP contribution in [0, 0.1) is 17.2 Å². The fourth-order valence-electron chi connectivity index (χ4n) is 1.24. The van der Waals surface area contributed by atoms with Crippen LogP contribution in [0.2, 0.25) is 0 Å². The molecule has 1 fully saturated rings. The van der Waals surface area contributed by atoms with Crippen LogP contribution in [0.25, 0.3) is 0 Å². The van der Waals surface area contributed by atoms with E-state index in [4.69, 9.17) is 10.4 Å². The topological polar surface area (TPSA) is 53.2 Å². The van der Waals surface area contributed by atoms with Gasteiger partial charge in [0.2, 0.25) is 0 Å². The second-order valence-electron chi connectivity index (χ2n) is 2.87. The number of aliphatic hydroxyl groups is 1. The minimum atomic E-state index is -4.91. The first-order chi connectivity index (χ1) is 5.92. The molecule has 0 bridgehead atoms. The van der Waals surface area contributed by atoms with E-state index in [0.717, 1.165) is 0 Å². The third-order valence-electron chi connectivity index (χ3n) is 1.99. The summed E-state index contributed by atoms with van der Waals surface area (Å²) in [7, 11) is 0. The van der Waals surface area contributed by atoms with Crippen molar-refractivity contribution in [1.82, 2.24) is 0 Å². The Kier molecular flexibility index (Phi) is 2.50. The summed E-state index contributed by atoms with van der Waals surface area (Å²) < 4.78 is 41.0. The number of rotatable bonds is 0. The summed E-state index contributed by atoms with van der Waals surface area (Å²) in [5.41, 5.74) is 0. The largest absolute Gasteiger partial charge is 0.444 e. The second-order valence-corrected chi connectivity index (χ2v) is 2.87. The van der Waals surface area contributed by atoms with Gasteiger partial charge in [0.15, 0.2) is 0 Å². The molecule has 1 rings (SSSR count). The maximum Gasteiger partial charge on any atom is 0.444 e. The van der Waals surface area contributed by atoms with Gasteiger partial charge in [0, 0.05) is 0 Å². The SMILES string of the molecule is N#CC1CCCO[C@@]1(O)C(F)(F)F. The van der Waals surface area contributed by atoms with Crippen LogP contribution >= 0.6 is 0 Å². The molecule has 0 amide bonds. The molecule has 1 heterocycles. The molecular formula is C7H8F3NO2. The molecule has 1 aliphatic rings. The van der Waals surface area contributed by atoms with Crippen molar-refractivity contribution < 1.29 is 23.0 Å². The Morgan fingerprint density at radius 3 is 2.54 bits per heavy atom. The average Bonchev–Trinajstić information content (AvgIpc) is 2.03. The maximum absolute atomic E-state index is 12.2. The molecule has 6 heteroatoms. The molecule has 0 aromatic carbocycles. The number of alkyl halides is 3. The summed E-state index contributed by atoms with van der Waals surface area (Å²) in [6.07, 6.45) is -4.54. The first kappa shape index (κ1) is 10.3. The van der Waals surface area contributed by atoms with Crippen molar-refractivity contribution in [2.45, 2.75) is 24.8 Å². The van der Waals surface area contributed by atoms with Crippen LogP contribution in [0.1, 0.15) is 12.8 Å². The third kappa shape index (κ3) is 1.62. The highest BCUT2D eigenvalue weighted by Crippen LogP contribution is 2.41. The van der Waals surface area contributed by atoms with Gasteiger partial charge in [-0.3, -0.25) is 0 Å². The van der Waals surface area contributed by atoms with Crippen LogP contribution in [-0.4, -0.2) is 23.7 Å². The average molecular weight is 195 g/mol. The standard InChI is InChI=1S/C7H8F3NO2/c8-7(9,10)6(12)5(4-11)2-1-3-13-6/h5,12H,1-3H2/t5?,6-/m1/s1. The van der Waals surface area contributed by atoms with Gasteiger partial charge in [0.05, 0.1) is 12.7 Å². The number of ether oxygens (including phenoxy) is 1. The Bertz CT molecular complexity index is 235. The fraction of sp³-hybridized carbons (Fsp3) is 0.857. The maximum atomic E-state index is 12.2. The van der Waals surface area contributed by atoms with Crippen molar-refractivity contribution in [1.29, 1.82) is 5.26 Å². The molecule has 0 aromatic rings. The lowest BCUT2D eigenvalue weighted by Crippen LogP contribution is -2.55. The molecule has 3 nitrogen and oxygen atoms in total.